The zero-order valence-corrected chi connectivity index (χ0v) is 6.87. The molecule has 1 rings (SSSR count). The quantitative estimate of drug-likeness (QED) is 0.586. The standard InChI is InChI=1S/C10H9NO/c1-8(12)10-4-2-3-9(7-11)5-6-10/h2-3,5-6H,4H2,1H3. The minimum absolute atomic E-state index is 0.0649. The monoisotopic (exact) mass is 159 g/mol. The van der Waals surface area contributed by atoms with Crippen LogP contribution in [0.2, 0.25) is 0 Å². The van der Waals surface area contributed by atoms with Gasteiger partial charge in [-0.1, -0.05) is 12.2 Å². The Bertz CT molecular complexity index is 326. The molecule has 0 saturated carbocycles. The Kier molecular flexibility index (Phi) is 2.60. The van der Waals surface area contributed by atoms with E-state index in [-0.39, 0.29) is 5.78 Å². The minimum Gasteiger partial charge on any atom is -0.295 e. The summed E-state index contributed by atoms with van der Waals surface area (Å²) < 4.78 is 0. The summed E-state index contributed by atoms with van der Waals surface area (Å²) in [4.78, 5) is 10.9. The number of hydrogen-bond donors (Lipinski definition) is 0. The lowest BCUT2D eigenvalue weighted by molar-refractivity contribution is -0.113. The summed E-state index contributed by atoms with van der Waals surface area (Å²) in [5, 5.41) is 8.56. The van der Waals surface area contributed by atoms with E-state index in [2.05, 4.69) is 0 Å². The lowest BCUT2D eigenvalue weighted by atomic mass is 10.1. The summed E-state index contributed by atoms with van der Waals surface area (Å²) >= 11 is 0. The smallest absolute Gasteiger partial charge is 0.156 e. The zero-order valence-electron chi connectivity index (χ0n) is 6.87. The highest BCUT2D eigenvalue weighted by molar-refractivity contribution is 5.94. The van der Waals surface area contributed by atoms with E-state index in [1.165, 1.54) is 6.92 Å². The predicted octanol–water partition coefficient (Wildman–Crippen LogP) is 1.91. The van der Waals surface area contributed by atoms with Gasteiger partial charge < -0.3 is 0 Å². The first-order valence-electron chi connectivity index (χ1n) is 3.72. The van der Waals surface area contributed by atoms with E-state index >= 15 is 0 Å². The molecule has 0 aliphatic heterocycles. The Morgan fingerprint density at radius 1 is 1.58 bits per heavy atom. The maximum Gasteiger partial charge on any atom is 0.156 e. The molecule has 12 heavy (non-hydrogen) atoms. The molecular formula is C10H9NO. The van der Waals surface area contributed by atoms with E-state index in [0.717, 1.165) is 5.57 Å². The van der Waals surface area contributed by atoms with Gasteiger partial charge in [0.15, 0.2) is 5.78 Å². The Labute approximate surface area is 71.5 Å². The molecule has 0 aromatic heterocycles. The van der Waals surface area contributed by atoms with Crippen molar-refractivity contribution in [3.63, 3.8) is 0 Å². The Morgan fingerprint density at radius 3 is 2.92 bits per heavy atom. The van der Waals surface area contributed by atoms with Crippen LogP contribution in [0.5, 0.6) is 0 Å². The molecule has 0 amide bonds. The first-order valence-corrected chi connectivity index (χ1v) is 3.72. The number of Topliss-reactive ketones (excluding diaryl/α,β-unsaturated/α-hetero) is 1. The van der Waals surface area contributed by atoms with Crippen LogP contribution in [0.25, 0.3) is 0 Å². The number of carbonyl (C=O) groups is 1. The van der Waals surface area contributed by atoms with Crippen molar-refractivity contribution < 1.29 is 4.79 Å². The van der Waals surface area contributed by atoms with Crippen LogP contribution >= 0.6 is 0 Å². The Hall–Kier alpha value is -1.62. The highest BCUT2D eigenvalue weighted by Gasteiger charge is 2.02. The molecule has 0 fully saturated rings. The fraction of sp³-hybridized carbons (Fsp3) is 0.200. The Balaban J connectivity index is 2.94. The van der Waals surface area contributed by atoms with Gasteiger partial charge in [-0.05, 0) is 31.1 Å². The molecule has 0 saturated heterocycles. The van der Waals surface area contributed by atoms with Gasteiger partial charge in [0.05, 0.1) is 11.6 Å². The molecule has 0 N–H and O–H groups in total. The van der Waals surface area contributed by atoms with Crippen molar-refractivity contribution in [2.24, 2.45) is 0 Å². The highest BCUT2D eigenvalue weighted by Crippen LogP contribution is 2.11. The number of rotatable bonds is 1. The fourth-order valence-corrected chi connectivity index (χ4v) is 0.962. The fourth-order valence-electron chi connectivity index (χ4n) is 0.962. The van der Waals surface area contributed by atoms with Gasteiger partial charge in [-0.25, -0.2) is 0 Å². The lowest BCUT2D eigenvalue weighted by Crippen LogP contribution is -1.93. The third-order valence-corrected chi connectivity index (χ3v) is 1.68. The van der Waals surface area contributed by atoms with Crippen LogP contribution in [0, 0.1) is 11.3 Å². The molecule has 2 heteroatoms. The van der Waals surface area contributed by atoms with Gasteiger partial charge >= 0.3 is 0 Å². The SMILES string of the molecule is CC(=O)C1=CC=C(C#N)C=CC1. The summed E-state index contributed by atoms with van der Waals surface area (Å²) in [6.07, 6.45) is 7.56. The first-order chi connectivity index (χ1) is 5.74. The zero-order chi connectivity index (χ0) is 8.97. The topological polar surface area (TPSA) is 40.9 Å². The van der Waals surface area contributed by atoms with Crippen molar-refractivity contribution in [1.82, 2.24) is 0 Å². The van der Waals surface area contributed by atoms with E-state index < -0.39 is 0 Å². The molecule has 0 heterocycles. The second-order valence-electron chi connectivity index (χ2n) is 2.59. The summed E-state index contributed by atoms with van der Waals surface area (Å²) in [6.45, 7) is 1.53. The largest absolute Gasteiger partial charge is 0.295 e. The number of nitrogens with zero attached hydrogens (tertiary/aromatic N) is 1. The Morgan fingerprint density at radius 2 is 2.33 bits per heavy atom. The summed E-state index contributed by atoms with van der Waals surface area (Å²) in [7, 11) is 0. The molecule has 0 unspecified atom stereocenters. The molecule has 60 valence electrons. The number of carbonyl (C=O) groups excluding carboxylic acids is 1. The van der Waals surface area contributed by atoms with Crippen LogP contribution in [0.3, 0.4) is 0 Å². The summed E-state index contributed by atoms with van der Waals surface area (Å²) in [5.74, 6) is 0.0649. The third-order valence-electron chi connectivity index (χ3n) is 1.68. The van der Waals surface area contributed by atoms with Crippen LogP contribution in [0.15, 0.2) is 35.5 Å². The molecule has 1 aliphatic carbocycles. The summed E-state index contributed by atoms with van der Waals surface area (Å²) in [6, 6.07) is 2.02. The van der Waals surface area contributed by atoms with E-state index in [0.29, 0.717) is 12.0 Å². The van der Waals surface area contributed by atoms with Crippen molar-refractivity contribution in [1.29, 1.82) is 5.26 Å². The molecule has 0 aromatic carbocycles. The van der Waals surface area contributed by atoms with Gasteiger partial charge in [-0.15, -0.1) is 0 Å². The van der Waals surface area contributed by atoms with Crippen LogP contribution in [0.1, 0.15) is 13.3 Å². The van der Waals surface area contributed by atoms with E-state index in [1.54, 1.807) is 18.2 Å². The van der Waals surface area contributed by atoms with Gasteiger partial charge in [0.25, 0.3) is 0 Å². The average molecular weight is 159 g/mol. The van der Waals surface area contributed by atoms with Crippen molar-refractivity contribution in [3.8, 4) is 6.07 Å². The van der Waals surface area contributed by atoms with E-state index in [9.17, 15) is 4.79 Å². The van der Waals surface area contributed by atoms with Crippen LogP contribution in [-0.2, 0) is 4.79 Å². The first kappa shape index (κ1) is 8.48. The second kappa shape index (κ2) is 3.68. The lowest BCUT2D eigenvalue weighted by Gasteiger charge is -1.93. The molecule has 2 nitrogen and oxygen atoms in total. The van der Waals surface area contributed by atoms with Crippen molar-refractivity contribution >= 4 is 5.78 Å². The second-order valence-corrected chi connectivity index (χ2v) is 2.59. The maximum atomic E-state index is 10.9. The van der Waals surface area contributed by atoms with Crippen LogP contribution in [-0.4, -0.2) is 5.78 Å². The average Bonchev–Trinajstić information content (AvgIpc) is 2.28. The normalized spacial score (nSPS) is 15.7. The predicted molar refractivity (Wildman–Crippen MR) is 46.2 cm³/mol. The van der Waals surface area contributed by atoms with Crippen LogP contribution in [0.4, 0.5) is 0 Å². The van der Waals surface area contributed by atoms with Gasteiger partial charge in [0.2, 0.25) is 0 Å². The third kappa shape index (κ3) is 1.93. The molecule has 0 bridgehead atoms. The molecule has 0 aromatic rings. The maximum absolute atomic E-state index is 10.9. The molecular weight excluding hydrogens is 150 g/mol. The van der Waals surface area contributed by atoms with Gasteiger partial charge in [-0.3, -0.25) is 4.79 Å². The van der Waals surface area contributed by atoms with Crippen molar-refractivity contribution in [2.45, 2.75) is 13.3 Å². The van der Waals surface area contributed by atoms with E-state index in [1.807, 2.05) is 12.1 Å². The molecule has 0 atom stereocenters. The van der Waals surface area contributed by atoms with Crippen molar-refractivity contribution in [3.05, 3.63) is 35.5 Å². The van der Waals surface area contributed by atoms with E-state index in [4.69, 9.17) is 5.26 Å². The number of allylic oxidation sites excluding steroid dienone is 6. The number of nitriles is 1. The van der Waals surface area contributed by atoms with Crippen molar-refractivity contribution in [2.75, 3.05) is 0 Å². The van der Waals surface area contributed by atoms with Crippen LogP contribution < -0.4 is 0 Å². The highest BCUT2D eigenvalue weighted by atomic mass is 16.1. The molecule has 0 radical (unpaired) electrons. The number of hydrogen-bond acceptors (Lipinski definition) is 2. The summed E-state index contributed by atoms with van der Waals surface area (Å²) in [5.41, 5.74) is 1.34. The molecule has 0 spiro atoms. The van der Waals surface area contributed by atoms with Gasteiger partial charge in [-0.2, -0.15) is 5.26 Å². The number of ketones is 1. The van der Waals surface area contributed by atoms with Gasteiger partial charge in [0.1, 0.15) is 0 Å². The minimum atomic E-state index is 0.0649. The van der Waals surface area contributed by atoms with Gasteiger partial charge in [0, 0.05) is 0 Å². The molecule has 1 aliphatic rings.